The Morgan fingerprint density at radius 3 is 2.96 bits per heavy atom. The van der Waals surface area contributed by atoms with Crippen molar-refractivity contribution in [2.45, 2.75) is 56.7 Å². The minimum atomic E-state index is 0.289. The van der Waals surface area contributed by atoms with E-state index in [-0.39, 0.29) is 6.10 Å². The number of aromatic nitrogens is 4. The normalized spacial score (nSPS) is 16.9. The van der Waals surface area contributed by atoms with Crippen molar-refractivity contribution >= 4 is 23.1 Å². The lowest BCUT2D eigenvalue weighted by atomic mass is 10.1. The molecule has 1 aliphatic heterocycles. The average Bonchev–Trinajstić information content (AvgIpc) is 3.42. The van der Waals surface area contributed by atoms with Crippen molar-refractivity contribution in [3.63, 3.8) is 0 Å². The van der Waals surface area contributed by atoms with Gasteiger partial charge < -0.3 is 9.30 Å². The molecule has 27 heavy (non-hydrogen) atoms. The van der Waals surface area contributed by atoms with Crippen LogP contribution in [0.2, 0.25) is 0 Å². The first-order valence-corrected chi connectivity index (χ1v) is 11.3. The molecular weight excluding hydrogens is 376 g/mol. The summed E-state index contributed by atoms with van der Waals surface area (Å²) in [7, 11) is 0. The molecule has 1 saturated heterocycles. The standard InChI is InChI=1S/C20H24N4OS2/c1-3-18-22-23-20(24(18)11-16-8-6-10-25-16)27-13-15-12-26-19(21-15)17-9-5-4-7-14(17)2/h4-5,7,9,12,16H,3,6,8,10-11,13H2,1-2H3. The van der Waals surface area contributed by atoms with Gasteiger partial charge in [-0.05, 0) is 25.3 Å². The summed E-state index contributed by atoms with van der Waals surface area (Å²) in [5.41, 5.74) is 3.57. The van der Waals surface area contributed by atoms with E-state index in [1.165, 1.54) is 11.1 Å². The monoisotopic (exact) mass is 400 g/mol. The Morgan fingerprint density at radius 2 is 2.19 bits per heavy atom. The van der Waals surface area contributed by atoms with Gasteiger partial charge in [-0.3, -0.25) is 0 Å². The van der Waals surface area contributed by atoms with E-state index in [4.69, 9.17) is 9.72 Å². The molecule has 0 amide bonds. The molecule has 142 valence electrons. The lowest BCUT2D eigenvalue weighted by Crippen LogP contribution is -2.17. The highest BCUT2D eigenvalue weighted by atomic mass is 32.2. The molecule has 5 nitrogen and oxygen atoms in total. The van der Waals surface area contributed by atoms with Crippen LogP contribution < -0.4 is 0 Å². The molecule has 1 aliphatic rings. The number of nitrogens with zero attached hydrogens (tertiary/aromatic N) is 4. The van der Waals surface area contributed by atoms with Crippen LogP contribution in [0.3, 0.4) is 0 Å². The van der Waals surface area contributed by atoms with Crippen LogP contribution in [0.15, 0.2) is 34.8 Å². The largest absolute Gasteiger partial charge is 0.376 e. The van der Waals surface area contributed by atoms with Gasteiger partial charge in [0.1, 0.15) is 10.8 Å². The third-order valence-electron chi connectivity index (χ3n) is 4.80. The molecule has 0 radical (unpaired) electrons. The van der Waals surface area contributed by atoms with E-state index in [1.54, 1.807) is 23.1 Å². The Hall–Kier alpha value is -1.70. The second-order valence-corrected chi connectivity index (χ2v) is 8.55. The summed E-state index contributed by atoms with van der Waals surface area (Å²) in [4.78, 5) is 4.83. The summed E-state index contributed by atoms with van der Waals surface area (Å²) >= 11 is 3.42. The lowest BCUT2D eigenvalue weighted by molar-refractivity contribution is 0.0942. The highest BCUT2D eigenvalue weighted by molar-refractivity contribution is 7.98. The van der Waals surface area contributed by atoms with Crippen molar-refractivity contribution in [1.29, 1.82) is 0 Å². The van der Waals surface area contributed by atoms with E-state index >= 15 is 0 Å². The maximum atomic E-state index is 5.81. The molecule has 1 aromatic carbocycles. The summed E-state index contributed by atoms with van der Waals surface area (Å²) in [5, 5.41) is 13.0. The Kier molecular flexibility index (Phi) is 5.90. The van der Waals surface area contributed by atoms with Crippen LogP contribution in [0, 0.1) is 6.92 Å². The summed E-state index contributed by atoms with van der Waals surface area (Å²) < 4.78 is 8.04. The van der Waals surface area contributed by atoms with Crippen molar-refractivity contribution in [2.75, 3.05) is 6.61 Å². The van der Waals surface area contributed by atoms with Crippen molar-refractivity contribution in [3.8, 4) is 10.6 Å². The predicted molar refractivity (Wildman–Crippen MR) is 110 cm³/mol. The molecule has 1 atom stereocenters. The molecule has 3 heterocycles. The molecule has 0 N–H and O–H groups in total. The molecule has 0 aliphatic carbocycles. The third-order valence-corrected chi connectivity index (χ3v) is 6.72. The quantitative estimate of drug-likeness (QED) is 0.536. The van der Waals surface area contributed by atoms with Crippen LogP contribution in [0.4, 0.5) is 0 Å². The van der Waals surface area contributed by atoms with Crippen LogP contribution in [-0.2, 0) is 23.5 Å². The minimum absolute atomic E-state index is 0.289. The molecule has 7 heteroatoms. The van der Waals surface area contributed by atoms with Crippen molar-refractivity contribution in [1.82, 2.24) is 19.7 Å². The molecule has 3 aromatic rings. The Balaban J connectivity index is 1.46. The average molecular weight is 401 g/mol. The SMILES string of the molecule is CCc1nnc(SCc2csc(-c3ccccc3C)n2)n1CC1CCCO1. The molecule has 0 saturated carbocycles. The van der Waals surface area contributed by atoms with E-state index in [1.807, 2.05) is 0 Å². The Morgan fingerprint density at radius 1 is 1.30 bits per heavy atom. The molecule has 0 bridgehead atoms. The number of benzene rings is 1. The maximum absolute atomic E-state index is 5.81. The first kappa shape index (κ1) is 18.7. The van der Waals surface area contributed by atoms with E-state index in [2.05, 4.69) is 58.3 Å². The second kappa shape index (κ2) is 8.54. The van der Waals surface area contributed by atoms with Crippen LogP contribution in [-0.4, -0.2) is 32.5 Å². The van der Waals surface area contributed by atoms with Gasteiger partial charge >= 0.3 is 0 Å². The highest BCUT2D eigenvalue weighted by Gasteiger charge is 2.20. The number of hydrogen-bond donors (Lipinski definition) is 0. The minimum Gasteiger partial charge on any atom is -0.376 e. The molecular formula is C20H24N4OS2. The zero-order chi connectivity index (χ0) is 18.6. The zero-order valence-corrected chi connectivity index (χ0v) is 17.4. The van der Waals surface area contributed by atoms with Gasteiger partial charge in [0.25, 0.3) is 0 Å². The second-order valence-electron chi connectivity index (χ2n) is 6.75. The van der Waals surface area contributed by atoms with Crippen LogP contribution >= 0.6 is 23.1 Å². The van der Waals surface area contributed by atoms with E-state index < -0.39 is 0 Å². The van der Waals surface area contributed by atoms with Gasteiger partial charge in [-0.1, -0.05) is 43.0 Å². The highest BCUT2D eigenvalue weighted by Crippen LogP contribution is 2.30. The molecule has 0 spiro atoms. The number of aryl methyl sites for hydroxylation is 2. The topological polar surface area (TPSA) is 52.8 Å². The van der Waals surface area contributed by atoms with E-state index in [9.17, 15) is 0 Å². The van der Waals surface area contributed by atoms with Crippen LogP contribution in [0.5, 0.6) is 0 Å². The Labute approximate surface area is 168 Å². The Bertz CT molecular complexity index is 899. The number of thioether (sulfide) groups is 1. The van der Waals surface area contributed by atoms with E-state index in [0.29, 0.717) is 0 Å². The predicted octanol–water partition coefficient (Wildman–Crippen LogP) is 4.74. The number of hydrogen-bond acceptors (Lipinski definition) is 6. The van der Waals surface area contributed by atoms with Gasteiger partial charge in [0.05, 0.1) is 18.3 Å². The third kappa shape index (κ3) is 4.25. The van der Waals surface area contributed by atoms with Gasteiger partial charge in [0.2, 0.25) is 0 Å². The van der Waals surface area contributed by atoms with Gasteiger partial charge in [0, 0.05) is 29.7 Å². The van der Waals surface area contributed by atoms with Gasteiger partial charge in [-0.25, -0.2) is 4.98 Å². The van der Waals surface area contributed by atoms with Crippen LogP contribution in [0.1, 0.15) is 36.8 Å². The van der Waals surface area contributed by atoms with E-state index in [0.717, 1.165) is 59.8 Å². The summed E-state index contributed by atoms with van der Waals surface area (Å²) in [6.45, 7) is 5.98. The van der Waals surface area contributed by atoms with Crippen LogP contribution in [0.25, 0.3) is 10.6 Å². The van der Waals surface area contributed by atoms with Gasteiger partial charge in [0.15, 0.2) is 5.16 Å². The molecule has 2 aromatic heterocycles. The number of thiazole rings is 1. The first-order chi connectivity index (χ1) is 13.2. The fourth-order valence-corrected chi connectivity index (χ4v) is 5.19. The van der Waals surface area contributed by atoms with Gasteiger partial charge in [-0.2, -0.15) is 0 Å². The fourth-order valence-electron chi connectivity index (χ4n) is 3.31. The fraction of sp³-hybridized carbons (Fsp3) is 0.450. The summed E-state index contributed by atoms with van der Waals surface area (Å²) in [6.07, 6.45) is 3.45. The van der Waals surface area contributed by atoms with Crippen molar-refractivity contribution in [3.05, 3.63) is 46.7 Å². The van der Waals surface area contributed by atoms with Gasteiger partial charge in [-0.15, -0.1) is 21.5 Å². The lowest BCUT2D eigenvalue weighted by Gasteiger charge is -2.13. The summed E-state index contributed by atoms with van der Waals surface area (Å²) in [5.74, 6) is 1.84. The summed E-state index contributed by atoms with van der Waals surface area (Å²) in [6, 6.07) is 8.40. The molecule has 1 unspecified atom stereocenters. The first-order valence-electron chi connectivity index (χ1n) is 9.41. The maximum Gasteiger partial charge on any atom is 0.191 e. The smallest absolute Gasteiger partial charge is 0.191 e. The zero-order valence-electron chi connectivity index (χ0n) is 15.7. The number of rotatable bonds is 7. The molecule has 1 fully saturated rings. The number of ether oxygens (including phenoxy) is 1. The van der Waals surface area contributed by atoms with Crippen molar-refractivity contribution in [2.24, 2.45) is 0 Å². The van der Waals surface area contributed by atoms with Crippen molar-refractivity contribution < 1.29 is 4.74 Å². The molecule has 4 rings (SSSR count).